The van der Waals surface area contributed by atoms with Gasteiger partial charge in [0.25, 0.3) is 5.91 Å². The number of amides is 1. The van der Waals surface area contributed by atoms with Crippen LogP contribution in [0.1, 0.15) is 21.6 Å². The maximum Gasteiger partial charge on any atom is 0.251 e. The number of aromatic amines is 1. The lowest BCUT2D eigenvalue weighted by Crippen LogP contribution is -2.25. The van der Waals surface area contributed by atoms with E-state index in [1.165, 1.54) is 0 Å². The van der Waals surface area contributed by atoms with Crippen molar-refractivity contribution >= 4 is 5.91 Å². The number of rotatable bonds is 4. The van der Waals surface area contributed by atoms with Crippen molar-refractivity contribution in [3.8, 4) is 5.75 Å². The second-order valence-electron chi connectivity index (χ2n) is 4.50. The van der Waals surface area contributed by atoms with Gasteiger partial charge in [-0.2, -0.15) is 0 Å². The fourth-order valence-electron chi connectivity index (χ4n) is 2.16. The number of nitrogens with one attached hydrogen (secondary N) is 2. The van der Waals surface area contributed by atoms with Crippen molar-refractivity contribution in [1.29, 1.82) is 0 Å². The maximum atomic E-state index is 12.0. The zero-order valence-electron chi connectivity index (χ0n) is 10.5. The van der Waals surface area contributed by atoms with Crippen LogP contribution in [0.3, 0.4) is 0 Å². The fraction of sp³-hybridized carbons (Fsp3) is 0.286. The summed E-state index contributed by atoms with van der Waals surface area (Å²) in [5.41, 5.74) is 2.82. The molecule has 0 spiro atoms. The van der Waals surface area contributed by atoms with Gasteiger partial charge in [0.05, 0.1) is 12.9 Å². The molecule has 98 valence electrons. The lowest BCUT2D eigenvalue weighted by atomic mass is 10.1. The van der Waals surface area contributed by atoms with Gasteiger partial charge in [-0.1, -0.05) is 0 Å². The first-order chi connectivity index (χ1) is 9.33. The van der Waals surface area contributed by atoms with Crippen LogP contribution in [0.15, 0.2) is 30.7 Å². The standard InChI is InChI=1S/C14H15N3O2/c18-14(16-5-3-12-8-15-9-17-12)11-1-2-13-10(7-11)4-6-19-13/h1-2,7-9H,3-6H2,(H,15,17)(H,16,18). The summed E-state index contributed by atoms with van der Waals surface area (Å²) in [6, 6.07) is 5.58. The second kappa shape index (κ2) is 5.14. The third-order valence-electron chi connectivity index (χ3n) is 3.19. The molecule has 0 saturated carbocycles. The largest absolute Gasteiger partial charge is 0.493 e. The number of carbonyl (C=O) groups is 1. The average Bonchev–Trinajstić information content (AvgIpc) is 3.08. The summed E-state index contributed by atoms with van der Waals surface area (Å²) in [5, 5.41) is 2.90. The van der Waals surface area contributed by atoms with E-state index in [0.717, 1.165) is 29.8 Å². The summed E-state index contributed by atoms with van der Waals surface area (Å²) in [6.45, 7) is 1.30. The number of aromatic nitrogens is 2. The molecule has 2 N–H and O–H groups in total. The molecule has 0 aliphatic carbocycles. The van der Waals surface area contributed by atoms with Gasteiger partial charge in [0, 0.05) is 36.8 Å². The van der Waals surface area contributed by atoms with Crippen molar-refractivity contribution in [1.82, 2.24) is 15.3 Å². The van der Waals surface area contributed by atoms with Gasteiger partial charge >= 0.3 is 0 Å². The molecule has 5 heteroatoms. The van der Waals surface area contributed by atoms with Gasteiger partial charge in [-0.25, -0.2) is 4.98 Å². The molecule has 1 aromatic heterocycles. The molecule has 0 atom stereocenters. The van der Waals surface area contributed by atoms with Crippen molar-refractivity contribution in [2.45, 2.75) is 12.8 Å². The van der Waals surface area contributed by atoms with E-state index in [4.69, 9.17) is 4.74 Å². The highest BCUT2D eigenvalue weighted by Gasteiger charge is 2.14. The molecule has 0 bridgehead atoms. The Morgan fingerprint density at radius 1 is 1.47 bits per heavy atom. The predicted octanol–water partition coefficient (Wildman–Crippen LogP) is 1.32. The van der Waals surface area contributed by atoms with Crippen LogP contribution in [0.2, 0.25) is 0 Å². The molecule has 2 aromatic rings. The molecule has 19 heavy (non-hydrogen) atoms. The lowest BCUT2D eigenvalue weighted by Gasteiger charge is -2.06. The Morgan fingerprint density at radius 2 is 2.42 bits per heavy atom. The van der Waals surface area contributed by atoms with Gasteiger partial charge in [0.2, 0.25) is 0 Å². The summed E-state index contributed by atoms with van der Waals surface area (Å²) in [6.07, 6.45) is 5.03. The Morgan fingerprint density at radius 3 is 3.26 bits per heavy atom. The van der Waals surface area contributed by atoms with E-state index in [0.29, 0.717) is 18.7 Å². The molecule has 5 nitrogen and oxygen atoms in total. The first kappa shape index (κ1) is 11.8. The predicted molar refractivity (Wildman–Crippen MR) is 70.3 cm³/mol. The van der Waals surface area contributed by atoms with E-state index in [2.05, 4.69) is 15.3 Å². The summed E-state index contributed by atoms with van der Waals surface area (Å²) < 4.78 is 5.42. The highest BCUT2D eigenvalue weighted by Crippen LogP contribution is 2.25. The zero-order chi connectivity index (χ0) is 13.1. The van der Waals surface area contributed by atoms with Crippen LogP contribution in [0.4, 0.5) is 0 Å². The van der Waals surface area contributed by atoms with E-state index in [1.807, 2.05) is 12.1 Å². The quantitative estimate of drug-likeness (QED) is 0.868. The number of imidazole rings is 1. The molecule has 1 aromatic carbocycles. The van der Waals surface area contributed by atoms with Crippen LogP contribution in [0, 0.1) is 0 Å². The Labute approximate surface area is 111 Å². The SMILES string of the molecule is O=C(NCCc1cnc[nH]1)c1ccc2c(c1)CCO2. The van der Waals surface area contributed by atoms with E-state index < -0.39 is 0 Å². The average molecular weight is 257 g/mol. The monoisotopic (exact) mass is 257 g/mol. The van der Waals surface area contributed by atoms with Crippen LogP contribution in [0.25, 0.3) is 0 Å². The van der Waals surface area contributed by atoms with Gasteiger partial charge in [0.15, 0.2) is 0 Å². The van der Waals surface area contributed by atoms with E-state index in [9.17, 15) is 4.79 Å². The maximum absolute atomic E-state index is 12.0. The molecule has 1 amide bonds. The minimum absolute atomic E-state index is 0.0470. The summed E-state index contributed by atoms with van der Waals surface area (Å²) >= 11 is 0. The van der Waals surface area contributed by atoms with Crippen molar-refractivity contribution in [3.05, 3.63) is 47.5 Å². The lowest BCUT2D eigenvalue weighted by molar-refractivity contribution is 0.0954. The molecular formula is C14H15N3O2. The molecule has 1 aliphatic heterocycles. The zero-order valence-corrected chi connectivity index (χ0v) is 10.5. The number of ether oxygens (including phenoxy) is 1. The minimum atomic E-state index is -0.0470. The first-order valence-electron chi connectivity index (χ1n) is 6.34. The number of carbonyl (C=O) groups excluding carboxylic acids is 1. The van der Waals surface area contributed by atoms with Crippen LogP contribution in [-0.2, 0) is 12.8 Å². The van der Waals surface area contributed by atoms with Crippen LogP contribution >= 0.6 is 0 Å². The van der Waals surface area contributed by atoms with E-state index in [1.54, 1.807) is 18.6 Å². The Hall–Kier alpha value is -2.30. The number of nitrogens with zero attached hydrogens (tertiary/aromatic N) is 1. The Balaban J connectivity index is 1.58. The summed E-state index contributed by atoms with van der Waals surface area (Å²) in [7, 11) is 0. The van der Waals surface area contributed by atoms with Gasteiger partial charge in [-0.05, 0) is 23.8 Å². The molecule has 0 radical (unpaired) electrons. The van der Waals surface area contributed by atoms with Crippen molar-refractivity contribution in [2.75, 3.05) is 13.2 Å². The topological polar surface area (TPSA) is 67.0 Å². The van der Waals surface area contributed by atoms with Crippen LogP contribution in [0.5, 0.6) is 5.75 Å². The molecule has 2 heterocycles. The van der Waals surface area contributed by atoms with Crippen LogP contribution < -0.4 is 10.1 Å². The third kappa shape index (κ3) is 2.59. The van der Waals surface area contributed by atoms with E-state index in [-0.39, 0.29) is 5.91 Å². The number of fused-ring (bicyclic) bond motifs is 1. The number of benzene rings is 1. The van der Waals surface area contributed by atoms with Gasteiger partial charge in [0.1, 0.15) is 5.75 Å². The van der Waals surface area contributed by atoms with E-state index >= 15 is 0 Å². The van der Waals surface area contributed by atoms with Crippen molar-refractivity contribution < 1.29 is 9.53 Å². The highest BCUT2D eigenvalue weighted by atomic mass is 16.5. The van der Waals surface area contributed by atoms with Crippen molar-refractivity contribution in [3.63, 3.8) is 0 Å². The molecule has 0 unspecified atom stereocenters. The smallest absolute Gasteiger partial charge is 0.251 e. The third-order valence-corrected chi connectivity index (χ3v) is 3.19. The molecule has 0 saturated heterocycles. The second-order valence-corrected chi connectivity index (χ2v) is 4.50. The molecule has 3 rings (SSSR count). The molecular weight excluding hydrogens is 242 g/mol. The Kier molecular flexibility index (Phi) is 3.18. The van der Waals surface area contributed by atoms with Gasteiger partial charge in [-0.3, -0.25) is 4.79 Å². The number of H-pyrrole nitrogens is 1. The fourth-order valence-corrected chi connectivity index (χ4v) is 2.16. The minimum Gasteiger partial charge on any atom is -0.493 e. The normalized spacial score (nSPS) is 12.8. The summed E-state index contributed by atoms with van der Waals surface area (Å²) in [4.78, 5) is 18.9. The number of hydrogen-bond acceptors (Lipinski definition) is 3. The molecule has 1 aliphatic rings. The van der Waals surface area contributed by atoms with Gasteiger partial charge in [-0.15, -0.1) is 0 Å². The molecule has 0 fully saturated rings. The summed E-state index contributed by atoms with van der Waals surface area (Å²) in [5.74, 6) is 0.850. The van der Waals surface area contributed by atoms with Crippen LogP contribution in [-0.4, -0.2) is 29.0 Å². The van der Waals surface area contributed by atoms with Gasteiger partial charge < -0.3 is 15.0 Å². The Bertz CT molecular complexity index is 578. The first-order valence-corrected chi connectivity index (χ1v) is 6.34. The van der Waals surface area contributed by atoms with Crippen molar-refractivity contribution in [2.24, 2.45) is 0 Å². The highest BCUT2D eigenvalue weighted by molar-refractivity contribution is 5.94. The number of hydrogen-bond donors (Lipinski definition) is 2.